The van der Waals surface area contributed by atoms with Gasteiger partial charge in [0.05, 0.1) is 13.3 Å². The first-order valence-corrected chi connectivity index (χ1v) is 10.6. The molecule has 0 spiro atoms. The molecule has 1 fully saturated rings. The number of carbonyl (C=O) groups excluding carboxylic acids is 2. The minimum Gasteiger partial charge on any atom is -0.494 e. The zero-order valence-electron chi connectivity index (χ0n) is 18.1. The maximum atomic E-state index is 12.4. The fraction of sp³-hybridized carbons (Fsp3) is 0.250. The summed E-state index contributed by atoms with van der Waals surface area (Å²) in [5.74, 6) is 0.726. The Morgan fingerprint density at radius 3 is 2.73 bits per heavy atom. The molecular weight excluding hydrogens is 424 g/mol. The molecule has 0 bridgehead atoms. The van der Waals surface area contributed by atoms with E-state index in [4.69, 9.17) is 14.6 Å². The molecule has 0 radical (unpaired) electrons. The Kier molecular flexibility index (Phi) is 6.39. The molecule has 3 aromatic rings. The van der Waals surface area contributed by atoms with Crippen molar-refractivity contribution in [2.45, 2.75) is 25.2 Å². The van der Waals surface area contributed by atoms with E-state index in [1.807, 2.05) is 48.7 Å². The van der Waals surface area contributed by atoms with Crippen LogP contribution in [0.5, 0.6) is 5.75 Å². The number of para-hydroxylation sites is 2. The van der Waals surface area contributed by atoms with Crippen LogP contribution in [0.1, 0.15) is 36.3 Å². The molecule has 1 aromatic heterocycles. The van der Waals surface area contributed by atoms with Crippen LogP contribution < -0.4 is 15.0 Å². The fourth-order valence-corrected chi connectivity index (χ4v) is 4.31. The number of methoxy groups -OCH3 is 1. The van der Waals surface area contributed by atoms with E-state index < -0.39 is 0 Å². The highest BCUT2D eigenvalue weighted by molar-refractivity contribution is 5.99. The van der Waals surface area contributed by atoms with Crippen LogP contribution in [0.4, 0.5) is 11.4 Å². The molecule has 0 saturated carbocycles. The number of benzene rings is 2. The van der Waals surface area contributed by atoms with E-state index in [1.165, 1.54) is 0 Å². The summed E-state index contributed by atoms with van der Waals surface area (Å²) in [5, 5.41) is 14.4. The monoisotopic (exact) mass is 448 g/mol. The minimum absolute atomic E-state index is 0.0394. The topological polar surface area (TPSA) is 114 Å². The molecule has 3 heterocycles. The highest BCUT2D eigenvalue weighted by Gasteiger charge is 2.29. The van der Waals surface area contributed by atoms with Crippen LogP contribution in [0.3, 0.4) is 0 Å². The van der Waals surface area contributed by atoms with Gasteiger partial charge in [-0.15, -0.1) is 0 Å². The molecule has 9 heteroatoms. The predicted octanol–water partition coefficient (Wildman–Crippen LogP) is 3.18. The summed E-state index contributed by atoms with van der Waals surface area (Å²) in [6.07, 6.45) is 5.55. The molecule has 5 rings (SSSR count). The lowest BCUT2D eigenvalue weighted by atomic mass is 9.86. The SMILES string of the molecule is COc1ccccc1-n1cc(C2CC(=O)Nc3cc(N4CCCC4=O)ccc32)cn1.O=CO. The van der Waals surface area contributed by atoms with Crippen LogP contribution in [0.15, 0.2) is 54.9 Å². The van der Waals surface area contributed by atoms with Crippen molar-refractivity contribution in [3.63, 3.8) is 0 Å². The molecule has 1 atom stereocenters. The Bertz CT molecular complexity index is 1190. The first-order valence-electron chi connectivity index (χ1n) is 10.6. The van der Waals surface area contributed by atoms with Gasteiger partial charge >= 0.3 is 0 Å². The lowest BCUT2D eigenvalue weighted by Gasteiger charge is -2.27. The quantitative estimate of drug-likeness (QED) is 0.593. The van der Waals surface area contributed by atoms with Gasteiger partial charge in [-0.3, -0.25) is 14.4 Å². The lowest BCUT2D eigenvalue weighted by molar-refractivity contribution is -0.123. The van der Waals surface area contributed by atoms with Gasteiger partial charge in [0.2, 0.25) is 11.8 Å². The molecule has 2 amide bonds. The van der Waals surface area contributed by atoms with Crippen molar-refractivity contribution >= 4 is 29.7 Å². The Balaban J connectivity index is 0.000000821. The van der Waals surface area contributed by atoms with Gasteiger partial charge in [-0.25, -0.2) is 4.68 Å². The van der Waals surface area contributed by atoms with Crippen molar-refractivity contribution in [3.8, 4) is 11.4 Å². The smallest absolute Gasteiger partial charge is 0.290 e. The predicted molar refractivity (Wildman–Crippen MR) is 122 cm³/mol. The number of fused-ring (bicyclic) bond motifs is 1. The van der Waals surface area contributed by atoms with E-state index in [0.717, 1.165) is 46.9 Å². The lowest BCUT2D eigenvalue weighted by Crippen LogP contribution is -2.26. The first kappa shape index (κ1) is 22.1. The number of carboxylic acid groups (broad SMARTS) is 1. The summed E-state index contributed by atoms with van der Waals surface area (Å²) in [5.41, 5.74) is 4.43. The van der Waals surface area contributed by atoms with Gasteiger partial charge in [-0.1, -0.05) is 18.2 Å². The molecule has 2 aliphatic rings. The number of hydrogen-bond acceptors (Lipinski definition) is 5. The van der Waals surface area contributed by atoms with Gasteiger partial charge in [0, 0.05) is 42.9 Å². The third-order valence-electron chi connectivity index (χ3n) is 5.80. The molecule has 0 aliphatic carbocycles. The summed E-state index contributed by atoms with van der Waals surface area (Å²) in [6, 6.07) is 13.6. The van der Waals surface area contributed by atoms with Gasteiger partial charge in [0.15, 0.2) is 0 Å². The number of anilines is 2. The molecule has 2 aliphatic heterocycles. The van der Waals surface area contributed by atoms with E-state index in [9.17, 15) is 9.59 Å². The number of aromatic nitrogens is 2. The van der Waals surface area contributed by atoms with E-state index in [2.05, 4.69) is 10.4 Å². The largest absolute Gasteiger partial charge is 0.494 e. The summed E-state index contributed by atoms with van der Waals surface area (Å²) in [6.45, 7) is 0.473. The van der Waals surface area contributed by atoms with Crippen molar-refractivity contribution in [3.05, 3.63) is 66.0 Å². The summed E-state index contributed by atoms with van der Waals surface area (Å²) < 4.78 is 7.22. The third-order valence-corrected chi connectivity index (χ3v) is 5.80. The van der Waals surface area contributed by atoms with Crippen LogP contribution in [0.25, 0.3) is 5.69 Å². The van der Waals surface area contributed by atoms with Crippen molar-refractivity contribution in [1.82, 2.24) is 9.78 Å². The van der Waals surface area contributed by atoms with Gasteiger partial charge in [-0.2, -0.15) is 5.10 Å². The minimum atomic E-state index is -0.250. The van der Waals surface area contributed by atoms with E-state index in [0.29, 0.717) is 12.8 Å². The summed E-state index contributed by atoms with van der Waals surface area (Å²) in [7, 11) is 1.63. The Hall–Kier alpha value is -4.14. The maximum Gasteiger partial charge on any atom is 0.290 e. The number of hydrogen-bond donors (Lipinski definition) is 2. The van der Waals surface area contributed by atoms with E-state index in [-0.39, 0.29) is 24.2 Å². The zero-order chi connectivity index (χ0) is 23.4. The molecule has 1 saturated heterocycles. The molecule has 1 unspecified atom stereocenters. The average Bonchev–Trinajstić information content (AvgIpc) is 3.48. The van der Waals surface area contributed by atoms with E-state index >= 15 is 0 Å². The number of rotatable bonds is 4. The molecule has 9 nitrogen and oxygen atoms in total. The number of ether oxygens (including phenoxy) is 1. The third kappa shape index (κ3) is 4.43. The maximum absolute atomic E-state index is 12.4. The summed E-state index contributed by atoms with van der Waals surface area (Å²) in [4.78, 5) is 34.7. The molecular formula is C24H24N4O5. The number of amides is 2. The molecule has 2 N–H and O–H groups in total. The Morgan fingerprint density at radius 1 is 1.21 bits per heavy atom. The normalized spacial score (nSPS) is 17.0. The molecule has 33 heavy (non-hydrogen) atoms. The van der Waals surface area contributed by atoms with E-state index in [1.54, 1.807) is 22.9 Å². The van der Waals surface area contributed by atoms with Crippen molar-refractivity contribution < 1.29 is 24.2 Å². The van der Waals surface area contributed by atoms with Crippen molar-refractivity contribution in [2.24, 2.45) is 0 Å². The highest BCUT2D eigenvalue weighted by atomic mass is 16.5. The van der Waals surface area contributed by atoms with Crippen molar-refractivity contribution in [1.29, 1.82) is 0 Å². The van der Waals surface area contributed by atoms with Crippen LogP contribution >= 0.6 is 0 Å². The Labute approximate surface area is 190 Å². The van der Waals surface area contributed by atoms with Gasteiger partial charge in [0.25, 0.3) is 6.47 Å². The van der Waals surface area contributed by atoms with Gasteiger partial charge in [0.1, 0.15) is 11.4 Å². The highest BCUT2D eigenvalue weighted by Crippen LogP contribution is 2.39. The van der Waals surface area contributed by atoms with Crippen LogP contribution in [-0.2, 0) is 14.4 Å². The van der Waals surface area contributed by atoms with Crippen molar-refractivity contribution in [2.75, 3.05) is 23.9 Å². The summed E-state index contributed by atoms with van der Waals surface area (Å²) >= 11 is 0. The average molecular weight is 448 g/mol. The number of nitrogens with one attached hydrogen (secondary N) is 1. The standard InChI is InChI=1S/C23H22N4O3.CH2O2/c1-30-21-6-3-2-5-20(21)27-14-15(13-24-27)18-12-22(28)25-19-11-16(8-9-17(18)19)26-10-4-7-23(26)29;2-1-3/h2-3,5-6,8-9,11,13-14,18H,4,7,10,12H2,1H3,(H,25,28);1H,(H,2,3). The second-order valence-corrected chi connectivity index (χ2v) is 7.72. The molecule has 170 valence electrons. The Morgan fingerprint density at radius 2 is 2.00 bits per heavy atom. The second kappa shape index (κ2) is 9.56. The zero-order valence-corrected chi connectivity index (χ0v) is 18.1. The molecule has 2 aromatic carbocycles. The number of nitrogens with zero attached hydrogens (tertiary/aromatic N) is 3. The van der Waals surface area contributed by atoms with Gasteiger partial charge < -0.3 is 20.1 Å². The fourth-order valence-electron chi connectivity index (χ4n) is 4.31. The van der Waals surface area contributed by atoms with Crippen LogP contribution in [0.2, 0.25) is 0 Å². The second-order valence-electron chi connectivity index (χ2n) is 7.72. The van der Waals surface area contributed by atoms with Crippen LogP contribution in [0, 0.1) is 0 Å². The van der Waals surface area contributed by atoms with Crippen LogP contribution in [-0.4, -0.2) is 46.8 Å². The van der Waals surface area contributed by atoms with Gasteiger partial charge in [-0.05, 0) is 41.8 Å². The number of carbonyl (C=O) groups is 3. The first-order chi connectivity index (χ1) is 16.0.